The normalized spacial score (nSPS) is 13.6. The van der Waals surface area contributed by atoms with Crippen LogP contribution in [-0.2, 0) is 16.1 Å². The predicted octanol–water partition coefficient (Wildman–Crippen LogP) is 3.83. The number of benzene rings is 2. The van der Waals surface area contributed by atoms with Gasteiger partial charge in [-0.2, -0.15) is 5.26 Å². The van der Waals surface area contributed by atoms with Gasteiger partial charge in [0.2, 0.25) is 5.91 Å². The van der Waals surface area contributed by atoms with Gasteiger partial charge >= 0.3 is 5.97 Å². The fourth-order valence-corrected chi connectivity index (χ4v) is 2.95. The molecule has 0 bridgehead atoms. The summed E-state index contributed by atoms with van der Waals surface area (Å²) < 4.78 is 19.0. The van der Waals surface area contributed by atoms with E-state index in [0.717, 1.165) is 6.07 Å². The molecule has 1 aliphatic rings. The minimum atomic E-state index is -0.696. The molecule has 1 heterocycles. The number of carbonyl (C=O) groups excluding carboxylic acids is 2. The quantitative estimate of drug-likeness (QED) is 0.765. The summed E-state index contributed by atoms with van der Waals surface area (Å²) in [6.07, 6.45) is 1.11. The lowest BCUT2D eigenvalue weighted by molar-refractivity contribution is -0.117. The van der Waals surface area contributed by atoms with Gasteiger partial charge in [0.25, 0.3) is 0 Å². The Bertz CT molecular complexity index is 923. The number of ether oxygens (including phenoxy) is 1. The van der Waals surface area contributed by atoms with Crippen molar-refractivity contribution >= 4 is 29.2 Å². The molecule has 1 saturated heterocycles. The van der Waals surface area contributed by atoms with Crippen molar-refractivity contribution in [1.82, 2.24) is 0 Å². The van der Waals surface area contributed by atoms with E-state index in [1.165, 1.54) is 35.2 Å². The molecular weight excluding hydrogens is 359 g/mol. The second kappa shape index (κ2) is 7.54. The number of nitriles is 1. The molecule has 0 atom stereocenters. The number of carbonyl (C=O) groups is 2. The van der Waals surface area contributed by atoms with Crippen LogP contribution in [0.15, 0.2) is 36.4 Å². The summed E-state index contributed by atoms with van der Waals surface area (Å²) in [4.78, 5) is 26.0. The molecule has 26 heavy (non-hydrogen) atoms. The molecule has 132 valence electrons. The number of hydrogen-bond acceptors (Lipinski definition) is 4. The minimum Gasteiger partial charge on any atom is -0.457 e. The highest BCUT2D eigenvalue weighted by Gasteiger charge is 2.26. The van der Waals surface area contributed by atoms with Crippen LogP contribution in [0.5, 0.6) is 0 Å². The van der Waals surface area contributed by atoms with Gasteiger partial charge in [0.1, 0.15) is 12.4 Å². The number of rotatable bonds is 4. The van der Waals surface area contributed by atoms with E-state index in [-0.39, 0.29) is 29.2 Å². The average molecular weight is 373 g/mol. The standard InChI is InChI=1S/C19H14ClFN2O3/c20-14-4-5-15(17(9-14)23-7-1-2-18(23)24)19(25)26-11-13-8-12(10-22)3-6-16(13)21/h3-6,8-9H,1-2,7,11H2. The first-order chi connectivity index (χ1) is 12.5. The topological polar surface area (TPSA) is 70.4 Å². The summed E-state index contributed by atoms with van der Waals surface area (Å²) in [5.74, 6) is -1.35. The van der Waals surface area contributed by atoms with E-state index in [4.69, 9.17) is 21.6 Å². The molecule has 0 N–H and O–H groups in total. The van der Waals surface area contributed by atoms with Gasteiger partial charge in [0, 0.05) is 23.6 Å². The molecule has 0 saturated carbocycles. The molecule has 3 rings (SSSR count). The van der Waals surface area contributed by atoms with E-state index in [2.05, 4.69) is 0 Å². The third-order valence-corrected chi connectivity index (χ3v) is 4.31. The SMILES string of the molecule is N#Cc1ccc(F)c(COC(=O)c2ccc(Cl)cc2N2CCCC2=O)c1. The van der Waals surface area contributed by atoms with Crippen LogP contribution in [-0.4, -0.2) is 18.4 Å². The summed E-state index contributed by atoms with van der Waals surface area (Å²) in [6.45, 7) is 0.175. The number of halogens is 2. The maximum absolute atomic E-state index is 13.8. The summed E-state index contributed by atoms with van der Waals surface area (Å²) in [5, 5.41) is 9.28. The summed E-state index contributed by atoms with van der Waals surface area (Å²) in [5.41, 5.74) is 0.940. The van der Waals surface area contributed by atoms with Gasteiger partial charge in [0.15, 0.2) is 0 Å². The summed E-state index contributed by atoms with van der Waals surface area (Å²) >= 11 is 6.00. The second-order valence-electron chi connectivity index (χ2n) is 5.80. The molecule has 0 radical (unpaired) electrons. The molecule has 0 unspecified atom stereocenters. The second-order valence-corrected chi connectivity index (χ2v) is 6.24. The molecule has 2 aromatic carbocycles. The van der Waals surface area contributed by atoms with Crippen molar-refractivity contribution < 1.29 is 18.7 Å². The lowest BCUT2D eigenvalue weighted by atomic mass is 10.1. The van der Waals surface area contributed by atoms with E-state index in [9.17, 15) is 14.0 Å². The summed E-state index contributed by atoms with van der Waals surface area (Å²) in [7, 11) is 0. The maximum Gasteiger partial charge on any atom is 0.340 e. The molecule has 1 amide bonds. The zero-order chi connectivity index (χ0) is 18.7. The van der Waals surface area contributed by atoms with Crippen LogP contribution < -0.4 is 4.90 Å². The van der Waals surface area contributed by atoms with E-state index in [1.54, 1.807) is 0 Å². The third kappa shape index (κ3) is 3.68. The Balaban J connectivity index is 1.82. The first kappa shape index (κ1) is 17.9. The van der Waals surface area contributed by atoms with Crippen LogP contribution >= 0.6 is 11.6 Å². The number of amides is 1. The minimum absolute atomic E-state index is 0.0888. The number of anilines is 1. The first-order valence-corrected chi connectivity index (χ1v) is 8.33. The van der Waals surface area contributed by atoms with Gasteiger partial charge in [0.05, 0.1) is 22.9 Å². The largest absolute Gasteiger partial charge is 0.457 e. The third-order valence-electron chi connectivity index (χ3n) is 4.08. The van der Waals surface area contributed by atoms with Crippen LogP contribution in [0.3, 0.4) is 0 Å². The van der Waals surface area contributed by atoms with E-state index >= 15 is 0 Å². The highest BCUT2D eigenvalue weighted by Crippen LogP contribution is 2.29. The van der Waals surface area contributed by atoms with Crippen molar-refractivity contribution in [1.29, 1.82) is 5.26 Å². The Morgan fingerprint density at radius 1 is 1.31 bits per heavy atom. The predicted molar refractivity (Wildman–Crippen MR) is 93.3 cm³/mol. The average Bonchev–Trinajstić information content (AvgIpc) is 3.06. The van der Waals surface area contributed by atoms with Crippen molar-refractivity contribution in [2.75, 3.05) is 11.4 Å². The lowest BCUT2D eigenvalue weighted by Crippen LogP contribution is -2.26. The Morgan fingerprint density at radius 3 is 2.81 bits per heavy atom. The highest BCUT2D eigenvalue weighted by atomic mass is 35.5. The van der Waals surface area contributed by atoms with Gasteiger partial charge in [-0.1, -0.05) is 11.6 Å². The van der Waals surface area contributed by atoms with Gasteiger partial charge in [-0.05, 0) is 42.8 Å². The van der Waals surface area contributed by atoms with Crippen LogP contribution in [0.25, 0.3) is 0 Å². The number of hydrogen-bond donors (Lipinski definition) is 0. The Kier molecular flexibility index (Phi) is 5.19. The maximum atomic E-state index is 13.8. The fraction of sp³-hybridized carbons (Fsp3) is 0.211. The zero-order valence-electron chi connectivity index (χ0n) is 13.7. The van der Waals surface area contributed by atoms with Crippen LogP contribution in [0.2, 0.25) is 5.02 Å². The first-order valence-electron chi connectivity index (χ1n) is 7.95. The number of esters is 1. The monoisotopic (exact) mass is 372 g/mol. The molecule has 1 aliphatic heterocycles. The van der Waals surface area contributed by atoms with Crippen molar-refractivity contribution in [2.45, 2.75) is 19.4 Å². The summed E-state index contributed by atoms with van der Waals surface area (Å²) in [6, 6.07) is 10.3. The van der Waals surface area contributed by atoms with Gasteiger partial charge in [-0.25, -0.2) is 9.18 Å². The van der Waals surface area contributed by atoms with Gasteiger partial charge < -0.3 is 9.64 Å². The van der Waals surface area contributed by atoms with E-state index < -0.39 is 11.8 Å². The zero-order valence-corrected chi connectivity index (χ0v) is 14.4. The molecule has 0 spiro atoms. The molecule has 0 aromatic heterocycles. The molecule has 2 aromatic rings. The van der Waals surface area contributed by atoms with Crippen LogP contribution in [0.1, 0.15) is 34.3 Å². The van der Waals surface area contributed by atoms with Crippen LogP contribution in [0, 0.1) is 17.1 Å². The van der Waals surface area contributed by atoms with Gasteiger partial charge in [-0.15, -0.1) is 0 Å². The molecule has 1 fully saturated rings. The Hall–Kier alpha value is -2.91. The van der Waals surface area contributed by atoms with Crippen molar-refractivity contribution in [2.24, 2.45) is 0 Å². The smallest absolute Gasteiger partial charge is 0.340 e. The Labute approximate surface area is 154 Å². The lowest BCUT2D eigenvalue weighted by Gasteiger charge is -2.19. The molecule has 0 aliphatic carbocycles. The van der Waals surface area contributed by atoms with Crippen LogP contribution in [0.4, 0.5) is 10.1 Å². The Morgan fingerprint density at radius 2 is 2.12 bits per heavy atom. The van der Waals surface area contributed by atoms with E-state index in [1.807, 2.05) is 6.07 Å². The van der Waals surface area contributed by atoms with Crippen molar-refractivity contribution in [3.8, 4) is 6.07 Å². The van der Waals surface area contributed by atoms with E-state index in [0.29, 0.717) is 30.1 Å². The molecule has 7 heteroatoms. The van der Waals surface area contributed by atoms with Gasteiger partial charge in [-0.3, -0.25) is 4.79 Å². The number of nitrogens with zero attached hydrogens (tertiary/aromatic N) is 2. The van der Waals surface area contributed by atoms with Crippen molar-refractivity contribution in [3.05, 3.63) is 63.9 Å². The highest BCUT2D eigenvalue weighted by molar-refractivity contribution is 6.31. The van der Waals surface area contributed by atoms with Crippen molar-refractivity contribution in [3.63, 3.8) is 0 Å². The fourth-order valence-electron chi connectivity index (χ4n) is 2.78. The molecular formula is C19H14ClFN2O3. The molecule has 5 nitrogen and oxygen atoms in total.